The van der Waals surface area contributed by atoms with Crippen molar-refractivity contribution in [1.29, 1.82) is 0 Å². The van der Waals surface area contributed by atoms with Gasteiger partial charge in [-0.2, -0.15) is 0 Å². The number of carbonyl (C=O) groups is 1. The van der Waals surface area contributed by atoms with Crippen LogP contribution in [0.3, 0.4) is 0 Å². The summed E-state index contributed by atoms with van der Waals surface area (Å²) in [6, 6.07) is 10.9. The van der Waals surface area contributed by atoms with Crippen LogP contribution in [-0.2, 0) is 0 Å². The molecule has 0 aliphatic rings. The molecule has 1 amide bonds. The summed E-state index contributed by atoms with van der Waals surface area (Å²) in [7, 11) is 0. The Balaban J connectivity index is 2.13. The number of aliphatic hydroxyl groups is 1. The van der Waals surface area contributed by atoms with E-state index in [9.17, 15) is 9.90 Å². The van der Waals surface area contributed by atoms with Crippen molar-refractivity contribution in [3.05, 3.63) is 56.2 Å². The molecule has 5 heteroatoms. The predicted octanol–water partition coefficient (Wildman–Crippen LogP) is 3.28. The fourth-order valence-electron chi connectivity index (χ4n) is 1.72. The van der Waals surface area contributed by atoms with Crippen LogP contribution in [0.4, 0.5) is 0 Å². The monoisotopic (exact) mass is 339 g/mol. The first-order chi connectivity index (χ1) is 9.11. The summed E-state index contributed by atoms with van der Waals surface area (Å²) in [5, 5.41) is 12.3. The molecule has 0 saturated carbocycles. The van der Waals surface area contributed by atoms with Crippen LogP contribution in [0.1, 0.15) is 26.8 Å². The van der Waals surface area contributed by atoms with Crippen molar-refractivity contribution in [2.24, 2.45) is 0 Å². The lowest BCUT2D eigenvalue weighted by molar-refractivity contribution is 0.0920. The van der Waals surface area contributed by atoms with Crippen LogP contribution < -0.4 is 5.32 Å². The number of amides is 1. The van der Waals surface area contributed by atoms with Crippen LogP contribution in [0.25, 0.3) is 0 Å². The van der Waals surface area contributed by atoms with Gasteiger partial charge in [-0.1, -0.05) is 30.3 Å². The molecule has 100 valence electrons. The van der Waals surface area contributed by atoms with Crippen LogP contribution in [0.2, 0.25) is 0 Å². The Hall–Kier alpha value is -1.17. The molecule has 3 nitrogen and oxygen atoms in total. The van der Waals surface area contributed by atoms with Crippen LogP contribution >= 0.6 is 27.3 Å². The number of thiophene rings is 1. The van der Waals surface area contributed by atoms with Crippen molar-refractivity contribution >= 4 is 33.2 Å². The van der Waals surface area contributed by atoms with Crippen molar-refractivity contribution < 1.29 is 9.90 Å². The first-order valence-electron chi connectivity index (χ1n) is 5.84. The summed E-state index contributed by atoms with van der Waals surface area (Å²) in [5.74, 6) is -0.165. The second-order valence-electron chi connectivity index (χ2n) is 4.19. The van der Waals surface area contributed by atoms with Gasteiger partial charge in [-0.3, -0.25) is 4.79 Å². The highest BCUT2D eigenvalue weighted by Crippen LogP contribution is 2.27. The highest BCUT2D eigenvalue weighted by atomic mass is 79.9. The van der Waals surface area contributed by atoms with Gasteiger partial charge in [0.25, 0.3) is 5.91 Å². The largest absolute Gasteiger partial charge is 0.394 e. The molecule has 0 saturated heterocycles. The predicted molar refractivity (Wildman–Crippen MR) is 80.5 cm³/mol. The van der Waals surface area contributed by atoms with Gasteiger partial charge in [-0.25, -0.2) is 0 Å². The van der Waals surface area contributed by atoms with E-state index >= 15 is 0 Å². The Bertz CT molecular complexity index is 549. The number of aliphatic hydroxyl groups excluding tert-OH is 1. The van der Waals surface area contributed by atoms with Gasteiger partial charge < -0.3 is 10.4 Å². The Labute approximate surface area is 124 Å². The maximum atomic E-state index is 12.1. The molecule has 1 heterocycles. The molecule has 2 aromatic rings. The molecule has 0 fully saturated rings. The zero-order valence-electron chi connectivity index (χ0n) is 10.4. The van der Waals surface area contributed by atoms with Gasteiger partial charge in [0, 0.05) is 0 Å². The molecule has 0 unspecified atom stereocenters. The van der Waals surface area contributed by atoms with E-state index in [1.807, 2.05) is 43.3 Å². The van der Waals surface area contributed by atoms with E-state index in [1.165, 1.54) is 11.3 Å². The quantitative estimate of drug-likeness (QED) is 0.897. The minimum atomic E-state index is -0.380. The van der Waals surface area contributed by atoms with Crippen molar-refractivity contribution in [1.82, 2.24) is 5.32 Å². The summed E-state index contributed by atoms with van der Waals surface area (Å²) < 4.78 is 0.956. The number of aryl methyl sites for hydroxylation is 1. The molecule has 1 aromatic carbocycles. The molecule has 0 bridgehead atoms. The molecule has 0 aliphatic heterocycles. The van der Waals surface area contributed by atoms with Gasteiger partial charge in [-0.05, 0) is 40.0 Å². The first-order valence-corrected chi connectivity index (χ1v) is 7.45. The van der Waals surface area contributed by atoms with E-state index in [0.29, 0.717) is 4.88 Å². The van der Waals surface area contributed by atoms with E-state index in [2.05, 4.69) is 21.2 Å². The molecule has 0 aliphatic carbocycles. The van der Waals surface area contributed by atoms with Gasteiger partial charge in [0.15, 0.2) is 0 Å². The number of rotatable bonds is 4. The second-order valence-corrected chi connectivity index (χ2v) is 6.56. The van der Waals surface area contributed by atoms with Gasteiger partial charge >= 0.3 is 0 Å². The number of hydrogen-bond acceptors (Lipinski definition) is 3. The smallest absolute Gasteiger partial charge is 0.261 e. The van der Waals surface area contributed by atoms with Crippen molar-refractivity contribution in [3.8, 4) is 0 Å². The average molecular weight is 340 g/mol. The van der Waals surface area contributed by atoms with E-state index in [4.69, 9.17) is 0 Å². The number of benzene rings is 1. The average Bonchev–Trinajstić information content (AvgIpc) is 2.77. The number of hydrogen-bond donors (Lipinski definition) is 2. The van der Waals surface area contributed by atoms with Gasteiger partial charge in [-0.15, -0.1) is 11.3 Å². The lowest BCUT2D eigenvalue weighted by Gasteiger charge is -2.16. The third-order valence-electron chi connectivity index (χ3n) is 2.77. The second kappa shape index (κ2) is 6.32. The molecule has 0 radical (unpaired) electrons. The lowest BCUT2D eigenvalue weighted by Crippen LogP contribution is -2.30. The molecular weight excluding hydrogens is 326 g/mol. The lowest BCUT2D eigenvalue weighted by atomic mass is 10.1. The van der Waals surface area contributed by atoms with Crippen LogP contribution in [0.5, 0.6) is 0 Å². The Morgan fingerprint density at radius 3 is 2.63 bits per heavy atom. The molecule has 2 N–H and O–H groups in total. The number of nitrogens with one attached hydrogen (secondary N) is 1. The third-order valence-corrected chi connectivity index (χ3v) is 4.91. The molecule has 0 spiro atoms. The maximum absolute atomic E-state index is 12.1. The number of halogens is 1. The fraction of sp³-hybridized carbons (Fsp3) is 0.214. The summed E-state index contributed by atoms with van der Waals surface area (Å²) in [6.45, 7) is 1.82. The Kier molecular flexibility index (Phi) is 4.74. The summed E-state index contributed by atoms with van der Waals surface area (Å²) in [5.41, 5.74) is 1.93. The van der Waals surface area contributed by atoms with Crippen molar-refractivity contribution in [3.63, 3.8) is 0 Å². The maximum Gasteiger partial charge on any atom is 0.261 e. The molecule has 19 heavy (non-hydrogen) atoms. The molecule has 1 atom stereocenters. The standard InChI is InChI=1S/C14H14BrNO2S/c1-9-7-12(19-13(9)15)14(18)16-11(8-17)10-5-3-2-4-6-10/h2-7,11,17H,8H2,1H3,(H,16,18)/t11-/m1/s1. The molecular formula is C14H14BrNO2S. The third kappa shape index (κ3) is 3.43. The summed E-state index contributed by atoms with van der Waals surface area (Å²) in [6.07, 6.45) is 0. The zero-order valence-corrected chi connectivity index (χ0v) is 12.8. The minimum absolute atomic E-state index is 0.124. The highest BCUT2D eigenvalue weighted by Gasteiger charge is 2.17. The Morgan fingerprint density at radius 1 is 1.42 bits per heavy atom. The van der Waals surface area contributed by atoms with E-state index in [1.54, 1.807) is 0 Å². The van der Waals surface area contributed by atoms with Gasteiger partial charge in [0.05, 0.1) is 21.3 Å². The summed E-state index contributed by atoms with van der Waals surface area (Å²) in [4.78, 5) is 12.8. The van der Waals surface area contributed by atoms with E-state index < -0.39 is 0 Å². The van der Waals surface area contributed by atoms with Crippen molar-refractivity contribution in [2.75, 3.05) is 6.61 Å². The molecule has 1 aromatic heterocycles. The summed E-state index contributed by atoms with van der Waals surface area (Å²) >= 11 is 4.79. The SMILES string of the molecule is Cc1cc(C(=O)N[C@H](CO)c2ccccc2)sc1Br. The van der Waals surface area contributed by atoms with Crippen LogP contribution in [-0.4, -0.2) is 17.6 Å². The number of carbonyl (C=O) groups excluding carboxylic acids is 1. The first kappa shape index (κ1) is 14.2. The topological polar surface area (TPSA) is 49.3 Å². The normalized spacial score (nSPS) is 12.2. The van der Waals surface area contributed by atoms with Gasteiger partial charge in [0.1, 0.15) is 0 Å². The van der Waals surface area contributed by atoms with E-state index in [0.717, 1.165) is 14.9 Å². The fourth-order valence-corrected chi connectivity index (χ4v) is 3.16. The van der Waals surface area contributed by atoms with Crippen LogP contribution in [0, 0.1) is 6.92 Å². The molecule has 2 rings (SSSR count). The zero-order chi connectivity index (χ0) is 13.8. The minimum Gasteiger partial charge on any atom is -0.394 e. The van der Waals surface area contributed by atoms with Crippen LogP contribution in [0.15, 0.2) is 40.2 Å². The van der Waals surface area contributed by atoms with Gasteiger partial charge in [0.2, 0.25) is 0 Å². The van der Waals surface area contributed by atoms with Crippen molar-refractivity contribution in [2.45, 2.75) is 13.0 Å². The highest BCUT2D eigenvalue weighted by molar-refractivity contribution is 9.11. The van der Waals surface area contributed by atoms with E-state index in [-0.39, 0.29) is 18.6 Å². The Morgan fingerprint density at radius 2 is 2.11 bits per heavy atom.